The molecule has 0 bridgehead atoms. The number of esters is 1. The van der Waals surface area contributed by atoms with E-state index in [1.165, 1.54) is 4.90 Å². The lowest BCUT2D eigenvalue weighted by Gasteiger charge is -2.39. The summed E-state index contributed by atoms with van der Waals surface area (Å²) < 4.78 is 10.5. The summed E-state index contributed by atoms with van der Waals surface area (Å²) >= 11 is 0. The summed E-state index contributed by atoms with van der Waals surface area (Å²) in [5, 5.41) is 0. The van der Waals surface area contributed by atoms with Crippen molar-refractivity contribution in [1.82, 2.24) is 4.90 Å². The van der Waals surface area contributed by atoms with E-state index in [0.29, 0.717) is 0 Å². The Bertz CT molecular complexity index is 528. The lowest BCUT2D eigenvalue weighted by molar-refractivity contribution is -0.163. The van der Waals surface area contributed by atoms with Crippen molar-refractivity contribution >= 4 is 17.8 Å². The number of likely N-dealkylation sites (tertiary alicyclic amines) is 1. The summed E-state index contributed by atoms with van der Waals surface area (Å²) in [6.07, 6.45) is 1.68. The molecule has 0 N–H and O–H groups in total. The van der Waals surface area contributed by atoms with Gasteiger partial charge >= 0.3 is 12.1 Å². The quantitative estimate of drug-likeness (QED) is 0.447. The number of carbonyl (C=O) groups is 3. The zero-order valence-electron chi connectivity index (χ0n) is 15.6. The van der Waals surface area contributed by atoms with E-state index in [9.17, 15) is 14.4 Å². The molecular formula is C18H29NO5. The standard InChI is InChI=1S/C18H29NO5/c1-7-23-15(21)18(10-8-13(2)3)12-19(11-9-14(18)20)16(22)24-17(4,5)6/h8H,7,9-12H2,1-6H3. The second-order valence-corrected chi connectivity index (χ2v) is 7.36. The van der Waals surface area contributed by atoms with Crippen molar-refractivity contribution in [2.75, 3.05) is 19.7 Å². The molecule has 6 heteroatoms. The average Bonchev–Trinajstić information content (AvgIpc) is 2.44. The number of piperidine rings is 1. The molecule has 0 aromatic heterocycles. The molecule has 0 aromatic rings. The van der Waals surface area contributed by atoms with Crippen LogP contribution in [0.5, 0.6) is 0 Å². The fourth-order valence-electron chi connectivity index (χ4n) is 2.54. The molecule has 0 aliphatic carbocycles. The van der Waals surface area contributed by atoms with Crippen LogP contribution in [0.3, 0.4) is 0 Å². The van der Waals surface area contributed by atoms with Gasteiger partial charge in [0.25, 0.3) is 0 Å². The molecule has 1 heterocycles. The Morgan fingerprint density at radius 1 is 1.29 bits per heavy atom. The molecule has 0 spiro atoms. The Morgan fingerprint density at radius 3 is 2.42 bits per heavy atom. The highest BCUT2D eigenvalue weighted by Gasteiger charge is 2.51. The number of nitrogens with zero attached hydrogens (tertiary/aromatic N) is 1. The van der Waals surface area contributed by atoms with Gasteiger partial charge in [-0.3, -0.25) is 9.59 Å². The van der Waals surface area contributed by atoms with Crippen LogP contribution in [0.1, 0.15) is 54.4 Å². The molecule has 136 valence electrons. The van der Waals surface area contributed by atoms with Crippen LogP contribution < -0.4 is 0 Å². The molecule has 0 aromatic carbocycles. The number of ketones is 1. The van der Waals surface area contributed by atoms with Gasteiger partial charge in [-0.05, 0) is 48.0 Å². The van der Waals surface area contributed by atoms with E-state index in [0.717, 1.165) is 5.57 Å². The summed E-state index contributed by atoms with van der Waals surface area (Å²) in [5.41, 5.74) is -0.978. The molecule has 0 saturated carbocycles. The van der Waals surface area contributed by atoms with Crippen LogP contribution in [0.15, 0.2) is 11.6 Å². The summed E-state index contributed by atoms with van der Waals surface area (Å²) in [5.74, 6) is -0.751. The maximum Gasteiger partial charge on any atom is 0.410 e. The maximum absolute atomic E-state index is 12.6. The zero-order chi connectivity index (χ0) is 18.5. The highest BCUT2D eigenvalue weighted by atomic mass is 16.6. The normalized spacial score (nSPS) is 21.2. The van der Waals surface area contributed by atoms with Gasteiger partial charge in [0, 0.05) is 19.5 Å². The molecule has 24 heavy (non-hydrogen) atoms. The van der Waals surface area contributed by atoms with Crippen molar-refractivity contribution in [2.24, 2.45) is 5.41 Å². The Balaban J connectivity index is 3.10. The van der Waals surface area contributed by atoms with Gasteiger partial charge in [-0.1, -0.05) is 11.6 Å². The van der Waals surface area contributed by atoms with E-state index in [1.54, 1.807) is 27.7 Å². The van der Waals surface area contributed by atoms with Crippen LogP contribution in [-0.4, -0.2) is 48.0 Å². The monoisotopic (exact) mass is 339 g/mol. The van der Waals surface area contributed by atoms with Crippen molar-refractivity contribution in [3.8, 4) is 0 Å². The van der Waals surface area contributed by atoms with Crippen molar-refractivity contribution in [2.45, 2.75) is 60.0 Å². The second-order valence-electron chi connectivity index (χ2n) is 7.36. The minimum absolute atomic E-state index is 0.0106. The van der Waals surface area contributed by atoms with Gasteiger partial charge < -0.3 is 14.4 Å². The van der Waals surface area contributed by atoms with E-state index in [-0.39, 0.29) is 38.3 Å². The van der Waals surface area contributed by atoms with Crippen molar-refractivity contribution in [3.05, 3.63) is 11.6 Å². The van der Waals surface area contributed by atoms with Crippen molar-refractivity contribution in [1.29, 1.82) is 0 Å². The minimum Gasteiger partial charge on any atom is -0.465 e. The lowest BCUT2D eigenvalue weighted by atomic mass is 9.75. The van der Waals surface area contributed by atoms with Gasteiger partial charge in [-0.15, -0.1) is 0 Å². The predicted octanol–water partition coefficient (Wildman–Crippen LogP) is 3.10. The summed E-state index contributed by atoms with van der Waals surface area (Å²) in [6.45, 7) is 11.3. The first-order chi connectivity index (χ1) is 11.0. The third-order valence-corrected chi connectivity index (χ3v) is 3.78. The third kappa shape index (κ3) is 5.08. The number of ether oxygens (including phenoxy) is 2. The molecule has 1 saturated heterocycles. The van der Waals surface area contributed by atoms with E-state index in [1.807, 2.05) is 19.9 Å². The smallest absolute Gasteiger partial charge is 0.410 e. The number of carbonyl (C=O) groups excluding carboxylic acids is 3. The van der Waals surface area contributed by atoms with E-state index in [2.05, 4.69) is 0 Å². The molecule has 1 aliphatic rings. The lowest BCUT2D eigenvalue weighted by Crippen LogP contribution is -2.56. The van der Waals surface area contributed by atoms with Gasteiger partial charge in [-0.2, -0.15) is 0 Å². The van der Waals surface area contributed by atoms with Gasteiger partial charge in [0.15, 0.2) is 5.78 Å². The number of hydrogen-bond acceptors (Lipinski definition) is 5. The molecular weight excluding hydrogens is 310 g/mol. The predicted molar refractivity (Wildman–Crippen MR) is 90.5 cm³/mol. The van der Waals surface area contributed by atoms with Crippen LogP contribution in [0.4, 0.5) is 4.79 Å². The summed E-state index contributed by atoms with van der Waals surface area (Å²) in [7, 11) is 0. The van der Waals surface area contributed by atoms with Crippen LogP contribution in [0.25, 0.3) is 0 Å². The minimum atomic E-state index is -1.34. The van der Waals surface area contributed by atoms with Crippen LogP contribution in [0, 0.1) is 5.41 Å². The Hall–Kier alpha value is -1.85. The van der Waals surface area contributed by atoms with Crippen molar-refractivity contribution in [3.63, 3.8) is 0 Å². The molecule has 1 rings (SSSR count). The molecule has 1 atom stereocenters. The molecule has 6 nitrogen and oxygen atoms in total. The first-order valence-electron chi connectivity index (χ1n) is 8.33. The molecule has 1 unspecified atom stereocenters. The zero-order valence-corrected chi connectivity index (χ0v) is 15.6. The molecule has 1 fully saturated rings. The van der Waals surface area contributed by atoms with E-state index in [4.69, 9.17) is 9.47 Å². The van der Waals surface area contributed by atoms with Crippen molar-refractivity contribution < 1.29 is 23.9 Å². The van der Waals surface area contributed by atoms with Gasteiger partial charge in [-0.25, -0.2) is 4.79 Å². The maximum atomic E-state index is 12.6. The number of rotatable bonds is 4. The Kier molecular flexibility index (Phi) is 6.58. The summed E-state index contributed by atoms with van der Waals surface area (Å²) in [6, 6.07) is 0. The highest BCUT2D eigenvalue weighted by Crippen LogP contribution is 2.34. The fourth-order valence-corrected chi connectivity index (χ4v) is 2.54. The molecule has 1 aliphatic heterocycles. The topological polar surface area (TPSA) is 72.9 Å². The van der Waals surface area contributed by atoms with E-state index < -0.39 is 23.1 Å². The van der Waals surface area contributed by atoms with Gasteiger partial charge in [0.2, 0.25) is 0 Å². The van der Waals surface area contributed by atoms with Crippen LogP contribution in [0.2, 0.25) is 0 Å². The molecule has 0 radical (unpaired) electrons. The number of allylic oxidation sites excluding steroid dienone is 2. The Labute approximate surface area is 144 Å². The molecule has 1 amide bonds. The number of Topliss-reactive ketones (excluding diaryl/α,β-unsaturated/α-hetero) is 1. The average molecular weight is 339 g/mol. The third-order valence-electron chi connectivity index (χ3n) is 3.78. The first-order valence-corrected chi connectivity index (χ1v) is 8.33. The van der Waals surface area contributed by atoms with Gasteiger partial charge in [0.05, 0.1) is 6.61 Å². The van der Waals surface area contributed by atoms with E-state index >= 15 is 0 Å². The highest BCUT2D eigenvalue weighted by molar-refractivity contribution is 6.05. The van der Waals surface area contributed by atoms with Gasteiger partial charge in [0.1, 0.15) is 11.0 Å². The fraction of sp³-hybridized carbons (Fsp3) is 0.722. The number of amides is 1. The SMILES string of the molecule is CCOC(=O)C1(CC=C(C)C)CN(C(=O)OC(C)(C)C)CCC1=O. The van der Waals surface area contributed by atoms with Crippen LogP contribution in [-0.2, 0) is 19.1 Å². The Morgan fingerprint density at radius 2 is 1.92 bits per heavy atom. The summed E-state index contributed by atoms with van der Waals surface area (Å²) in [4.78, 5) is 38.9. The number of hydrogen-bond donors (Lipinski definition) is 0. The second kappa shape index (κ2) is 7.81. The first kappa shape index (κ1) is 20.2. The largest absolute Gasteiger partial charge is 0.465 e. The van der Waals surface area contributed by atoms with Crippen LogP contribution >= 0.6 is 0 Å².